The number of hydrogen-bond acceptors (Lipinski definition) is 2. The molecule has 0 radical (unpaired) electrons. The zero-order chi connectivity index (χ0) is 13.7. The van der Waals surface area contributed by atoms with Gasteiger partial charge >= 0.3 is 11.8 Å². The average Bonchev–Trinajstić information content (AvgIpc) is 2.42. The Kier molecular flexibility index (Phi) is 4.55. The van der Waals surface area contributed by atoms with Gasteiger partial charge in [0.15, 0.2) is 0 Å². The fraction of sp³-hybridized carbons (Fsp3) is 0.467. The summed E-state index contributed by atoms with van der Waals surface area (Å²) >= 11 is 0. The van der Waals surface area contributed by atoms with Gasteiger partial charge in [0.05, 0.1) is 0 Å². The smallest absolute Gasteiger partial charge is 0.313 e. The van der Waals surface area contributed by atoms with Crippen LogP contribution in [-0.4, -0.2) is 17.9 Å². The quantitative estimate of drug-likeness (QED) is 0.802. The molecule has 1 aliphatic rings. The van der Waals surface area contributed by atoms with Crippen LogP contribution in [0, 0.1) is 6.92 Å². The third kappa shape index (κ3) is 4.09. The highest BCUT2D eigenvalue weighted by molar-refractivity contribution is 6.39. The summed E-state index contributed by atoms with van der Waals surface area (Å²) < 4.78 is 0. The summed E-state index contributed by atoms with van der Waals surface area (Å²) in [6, 6.07) is 7.54. The fourth-order valence-corrected chi connectivity index (χ4v) is 2.32. The standard InChI is InChI=1S/C15H20N2O2/c1-11-7-9-13(10-8-11)17-15(19)14(18)16-12-5-3-2-4-6-12/h7-10,12H,2-6H2,1H3,(H,16,18)(H,17,19). The lowest BCUT2D eigenvalue weighted by Gasteiger charge is -2.22. The Morgan fingerprint density at radius 1 is 1.00 bits per heavy atom. The van der Waals surface area contributed by atoms with Crippen molar-refractivity contribution >= 4 is 17.5 Å². The zero-order valence-electron chi connectivity index (χ0n) is 11.2. The van der Waals surface area contributed by atoms with Crippen molar-refractivity contribution in [3.05, 3.63) is 29.8 Å². The molecule has 0 aliphatic heterocycles. The Morgan fingerprint density at radius 3 is 2.26 bits per heavy atom. The molecule has 2 N–H and O–H groups in total. The van der Waals surface area contributed by atoms with Gasteiger partial charge in [-0.25, -0.2) is 0 Å². The van der Waals surface area contributed by atoms with E-state index in [9.17, 15) is 9.59 Å². The molecule has 1 aromatic carbocycles. The van der Waals surface area contributed by atoms with Crippen molar-refractivity contribution in [2.24, 2.45) is 0 Å². The summed E-state index contributed by atoms with van der Waals surface area (Å²) in [5.41, 5.74) is 1.76. The first kappa shape index (κ1) is 13.6. The molecule has 1 aromatic rings. The lowest BCUT2D eigenvalue weighted by molar-refractivity contribution is -0.136. The lowest BCUT2D eigenvalue weighted by Crippen LogP contribution is -2.42. The Morgan fingerprint density at radius 2 is 1.63 bits per heavy atom. The third-order valence-electron chi connectivity index (χ3n) is 3.46. The minimum atomic E-state index is -0.588. The number of hydrogen-bond donors (Lipinski definition) is 2. The molecular weight excluding hydrogens is 240 g/mol. The maximum Gasteiger partial charge on any atom is 0.313 e. The van der Waals surface area contributed by atoms with E-state index in [2.05, 4.69) is 10.6 Å². The molecule has 1 aliphatic carbocycles. The van der Waals surface area contributed by atoms with Crippen molar-refractivity contribution in [3.8, 4) is 0 Å². The van der Waals surface area contributed by atoms with E-state index in [0.29, 0.717) is 5.69 Å². The monoisotopic (exact) mass is 260 g/mol. The molecule has 0 heterocycles. The minimum Gasteiger partial charge on any atom is -0.345 e. The van der Waals surface area contributed by atoms with Gasteiger partial charge in [0.25, 0.3) is 0 Å². The average molecular weight is 260 g/mol. The van der Waals surface area contributed by atoms with Crippen LogP contribution < -0.4 is 10.6 Å². The van der Waals surface area contributed by atoms with Crippen LogP contribution in [0.2, 0.25) is 0 Å². The second kappa shape index (κ2) is 6.36. The molecule has 19 heavy (non-hydrogen) atoms. The Hall–Kier alpha value is -1.84. The SMILES string of the molecule is Cc1ccc(NC(=O)C(=O)NC2CCCCC2)cc1. The summed E-state index contributed by atoms with van der Waals surface area (Å²) in [4.78, 5) is 23.5. The van der Waals surface area contributed by atoms with E-state index in [1.54, 1.807) is 12.1 Å². The molecule has 0 unspecified atom stereocenters. The lowest BCUT2D eigenvalue weighted by atomic mass is 9.95. The number of amides is 2. The molecule has 102 valence electrons. The van der Waals surface area contributed by atoms with Crippen molar-refractivity contribution in [1.82, 2.24) is 5.32 Å². The summed E-state index contributed by atoms with van der Waals surface area (Å²) in [7, 11) is 0. The van der Waals surface area contributed by atoms with Crippen LogP contribution in [0.1, 0.15) is 37.7 Å². The number of carbonyl (C=O) groups excluding carboxylic acids is 2. The predicted molar refractivity (Wildman–Crippen MR) is 74.8 cm³/mol. The highest BCUT2D eigenvalue weighted by atomic mass is 16.2. The fourth-order valence-electron chi connectivity index (χ4n) is 2.32. The molecule has 1 saturated carbocycles. The molecule has 0 atom stereocenters. The van der Waals surface area contributed by atoms with E-state index in [4.69, 9.17) is 0 Å². The molecule has 4 nitrogen and oxygen atoms in total. The summed E-state index contributed by atoms with van der Waals surface area (Å²) in [5.74, 6) is -1.12. The molecule has 2 rings (SSSR count). The summed E-state index contributed by atoms with van der Waals surface area (Å²) in [6.07, 6.45) is 5.43. The Labute approximate surface area is 113 Å². The first-order chi connectivity index (χ1) is 9.15. The predicted octanol–water partition coefficient (Wildman–Crippen LogP) is 2.38. The number of carbonyl (C=O) groups is 2. The van der Waals surface area contributed by atoms with Gasteiger partial charge in [0, 0.05) is 11.7 Å². The third-order valence-corrected chi connectivity index (χ3v) is 3.46. The normalized spacial score (nSPS) is 15.8. The second-order valence-corrected chi connectivity index (χ2v) is 5.13. The van der Waals surface area contributed by atoms with Crippen LogP contribution >= 0.6 is 0 Å². The molecule has 0 aromatic heterocycles. The summed E-state index contributed by atoms with van der Waals surface area (Å²) in [6.45, 7) is 1.97. The number of anilines is 1. The highest BCUT2D eigenvalue weighted by Crippen LogP contribution is 2.17. The largest absolute Gasteiger partial charge is 0.345 e. The number of rotatable bonds is 2. The zero-order valence-corrected chi connectivity index (χ0v) is 11.2. The molecule has 0 spiro atoms. The van der Waals surface area contributed by atoms with Gasteiger partial charge in [0.2, 0.25) is 0 Å². The van der Waals surface area contributed by atoms with Crippen LogP contribution in [0.15, 0.2) is 24.3 Å². The number of aryl methyl sites for hydroxylation is 1. The van der Waals surface area contributed by atoms with Crippen LogP contribution in [-0.2, 0) is 9.59 Å². The van der Waals surface area contributed by atoms with Gasteiger partial charge < -0.3 is 10.6 Å². The van der Waals surface area contributed by atoms with Crippen LogP contribution in [0.25, 0.3) is 0 Å². The molecule has 0 bridgehead atoms. The van der Waals surface area contributed by atoms with Crippen molar-refractivity contribution < 1.29 is 9.59 Å². The van der Waals surface area contributed by atoms with E-state index in [1.165, 1.54) is 6.42 Å². The van der Waals surface area contributed by atoms with Crippen molar-refractivity contribution in [3.63, 3.8) is 0 Å². The maximum absolute atomic E-state index is 11.8. The van der Waals surface area contributed by atoms with Crippen LogP contribution in [0.5, 0.6) is 0 Å². The topological polar surface area (TPSA) is 58.2 Å². The number of nitrogens with one attached hydrogen (secondary N) is 2. The molecule has 2 amide bonds. The number of benzene rings is 1. The Bertz CT molecular complexity index is 448. The van der Waals surface area contributed by atoms with Gasteiger partial charge in [0.1, 0.15) is 0 Å². The molecular formula is C15H20N2O2. The van der Waals surface area contributed by atoms with E-state index in [-0.39, 0.29) is 6.04 Å². The Balaban J connectivity index is 1.84. The van der Waals surface area contributed by atoms with Gasteiger partial charge in [-0.3, -0.25) is 9.59 Å². The minimum absolute atomic E-state index is 0.157. The van der Waals surface area contributed by atoms with Crippen molar-refractivity contribution in [1.29, 1.82) is 0 Å². The van der Waals surface area contributed by atoms with E-state index in [0.717, 1.165) is 31.2 Å². The van der Waals surface area contributed by atoms with Gasteiger partial charge in [-0.2, -0.15) is 0 Å². The van der Waals surface area contributed by atoms with Crippen molar-refractivity contribution in [2.45, 2.75) is 45.1 Å². The summed E-state index contributed by atoms with van der Waals surface area (Å²) in [5, 5.41) is 5.41. The van der Waals surface area contributed by atoms with E-state index >= 15 is 0 Å². The van der Waals surface area contributed by atoms with E-state index < -0.39 is 11.8 Å². The van der Waals surface area contributed by atoms with Crippen molar-refractivity contribution in [2.75, 3.05) is 5.32 Å². The van der Waals surface area contributed by atoms with Crippen LogP contribution in [0.3, 0.4) is 0 Å². The van der Waals surface area contributed by atoms with Gasteiger partial charge in [-0.1, -0.05) is 37.0 Å². The van der Waals surface area contributed by atoms with Gasteiger partial charge in [-0.15, -0.1) is 0 Å². The molecule has 1 fully saturated rings. The molecule has 0 saturated heterocycles. The highest BCUT2D eigenvalue weighted by Gasteiger charge is 2.20. The van der Waals surface area contributed by atoms with E-state index in [1.807, 2.05) is 19.1 Å². The first-order valence-electron chi connectivity index (χ1n) is 6.83. The van der Waals surface area contributed by atoms with Gasteiger partial charge in [-0.05, 0) is 31.9 Å². The first-order valence-corrected chi connectivity index (χ1v) is 6.83. The molecule has 4 heteroatoms. The second-order valence-electron chi connectivity index (χ2n) is 5.13. The van der Waals surface area contributed by atoms with Crippen LogP contribution in [0.4, 0.5) is 5.69 Å². The maximum atomic E-state index is 11.8.